The van der Waals surface area contributed by atoms with E-state index in [4.69, 9.17) is 5.73 Å². The minimum absolute atomic E-state index is 0.251. The average molecular weight is 226 g/mol. The number of hydrogen-bond donors (Lipinski definition) is 3. The van der Waals surface area contributed by atoms with Gasteiger partial charge in [0.1, 0.15) is 0 Å². The van der Waals surface area contributed by atoms with Gasteiger partial charge in [0.15, 0.2) is 0 Å². The van der Waals surface area contributed by atoms with E-state index in [2.05, 4.69) is 17.1 Å². The van der Waals surface area contributed by atoms with Crippen molar-refractivity contribution in [2.24, 2.45) is 11.7 Å². The molecule has 0 bridgehead atoms. The smallest absolute Gasteiger partial charge is 0.328 e. The maximum atomic E-state index is 11.7. The van der Waals surface area contributed by atoms with Crippen molar-refractivity contribution in [2.75, 3.05) is 6.54 Å². The van der Waals surface area contributed by atoms with Gasteiger partial charge in [0, 0.05) is 6.54 Å². The molecule has 0 amide bonds. The Morgan fingerprint density at radius 2 is 2.00 bits per heavy atom. The fourth-order valence-electron chi connectivity index (χ4n) is 2.84. The van der Waals surface area contributed by atoms with Crippen LogP contribution in [0.25, 0.3) is 0 Å². The summed E-state index contributed by atoms with van der Waals surface area (Å²) in [5.74, 6) is 0.251. The molecule has 2 rings (SSSR count). The molecule has 1 heterocycles. The zero-order chi connectivity index (χ0) is 11.8. The first-order valence-electron chi connectivity index (χ1n) is 5.72. The molecule has 1 aromatic heterocycles. The maximum Gasteiger partial charge on any atom is 0.344 e. The third kappa shape index (κ3) is 1.44. The Bertz CT molecular complexity index is 444. The zero-order valence-corrected chi connectivity index (χ0v) is 9.45. The Labute approximate surface area is 92.8 Å². The van der Waals surface area contributed by atoms with Gasteiger partial charge in [-0.3, -0.25) is 0 Å². The zero-order valence-electron chi connectivity index (χ0n) is 9.45. The highest BCUT2D eigenvalue weighted by atomic mass is 16.2. The molecule has 1 aromatic rings. The predicted molar refractivity (Wildman–Crippen MR) is 60.3 cm³/mol. The number of nitrogens with one attached hydrogen (secondary N) is 2. The van der Waals surface area contributed by atoms with Crippen molar-refractivity contribution < 1.29 is 0 Å². The summed E-state index contributed by atoms with van der Waals surface area (Å²) in [5, 5.41) is 4.66. The number of nitrogens with two attached hydrogens (primary N) is 1. The van der Waals surface area contributed by atoms with Gasteiger partial charge in [-0.15, -0.1) is 0 Å². The Hall–Kier alpha value is -1.30. The molecule has 0 spiro atoms. The van der Waals surface area contributed by atoms with Gasteiger partial charge in [0.25, 0.3) is 0 Å². The van der Waals surface area contributed by atoms with Crippen LogP contribution in [-0.4, -0.2) is 21.3 Å². The normalized spacial score (nSPS) is 30.5. The fourth-order valence-corrected chi connectivity index (χ4v) is 2.84. The highest BCUT2D eigenvalue weighted by Gasteiger charge is 2.41. The van der Waals surface area contributed by atoms with Crippen LogP contribution in [0.4, 0.5) is 0 Å². The quantitative estimate of drug-likeness (QED) is 0.647. The molecular weight excluding hydrogens is 208 g/mol. The average Bonchev–Trinajstić information content (AvgIpc) is 2.61. The molecule has 16 heavy (non-hydrogen) atoms. The van der Waals surface area contributed by atoms with Crippen LogP contribution in [0, 0.1) is 5.92 Å². The third-order valence-electron chi connectivity index (χ3n) is 3.90. The summed E-state index contributed by atoms with van der Waals surface area (Å²) < 4.78 is 1.27. The van der Waals surface area contributed by atoms with Crippen LogP contribution in [0.15, 0.2) is 9.59 Å². The minimum Gasteiger partial charge on any atom is -0.328 e. The number of H-pyrrole nitrogens is 2. The minimum atomic E-state index is -0.511. The third-order valence-corrected chi connectivity index (χ3v) is 3.90. The molecule has 1 aliphatic rings. The van der Waals surface area contributed by atoms with Crippen LogP contribution < -0.4 is 17.1 Å². The van der Waals surface area contributed by atoms with E-state index in [1.807, 2.05) is 0 Å². The van der Waals surface area contributed by atoms with E-state index >= 15 is 0 Å². The van der Waals surface area contributed by atoms with Crippen molar-refractivity contribution in [1.29, 1.82) is 0 Å². The van der Waals surface area contributed by atoms with Gasteiger partial charge >= 0.3 is 11.4 Å². The molecule has 90 valence electrons. The molecule has 2 unspecified atom stereocenters. The first kappa shape index (κ1) is 11.2. The molecule has 6 nitrogen and oxygen atoms in total. The van der Waals surface area contributed by atoms with Gasteiger partial charge in [0.05, 0.1) is 5.54 Å². The molecule has 1 aliphatic carbocycles. The second kappa shape index (κ2) is 3.93. The van der Waals surface area contributed by atoms with Crippen molar-refractivity contribution in [1.82, 2.24) is 14.8 Å². The fraction of sp³-hybridized carbons (Fsp3) is 0.800. The summed E-state index contributed by atoms with van der Waals surface area (Å²) in [5.41, 5.74) is 4.55. The van der Waals surface area contributed by atoms with E-state index in [1.165, 1.54) is 4.57 Å². The lowest BCUT2D eigenvalue weighted by atomic mass is 9.73. The van der Waals surface area contributed by atoms with E-state index in [0.717, 1.165) is 25.7 Å². The Balaban J connectivity index is 2.57. The first-order chi connectivity index (χ1) is 7.62. The van der Waals surface area contributed by atoms with Gasteiger partial charge in [-0.1, -0.05) is 19.8 Å². The molecule has 1 fully saturated rings. The van der Waals surface area contributed by atoms with Gasteiger partial charge in [0.2, 0.25) is 0 Å². The van der Waals surface area contributed by atoms with E-state index in [-0.39, 0.29) is 17.3 Å². The number of aromatic amines is 2. The summed E-state index contributed by atoms with van der Waals surface area (Å²) in [6.07, 6.45) is 3.96. The summed E-state index contributed by atoms with van der Waals surface area (Å²) in [7, 11) is 0. The molecular formula is C10H18N4O2. The van der Waals surface area contributed by atoms with Crippen molar-refractivity contribution in [3.05, 3.63) is 21.0 Å². The lowest BCUT2D eigenvalue weighted by Crippen LogP contribution is -2.55. The Morgan fingerprint density at radius 3 is 2.50 bits per heavy atom. The van der Waals surface area contributed by atoms with Crippen LogP contribution in [-0.2, 0) is 5.54 Å². The molecule has 0 aliphatic heterocycles. The maximum absolute atomic E-state index is 11.7. The van der Waals surface area contributed by atoms with Gasteiger partial charge in [-0.25, -0.2) is 24.4 Å². The van der Waals surface area contributed by atoms with Gasteiger partial charge in [-0.2, -0.15) is 0 Å². The summed E-state index contributed by atoms with van der Waals surface area (Å²) in [6, 6.07) is 0. The molecule has 0 radical (unpaired) electrons. The molecule has 0 aromatic carbocycles. The van der Waals surface area contributed by atoms with Crippen LogP contribution in [0.2, 0.25) is 0 Å². The number of rotatable bonds is 2. The second-order valence-electron chi connectivity index (χ2n) is 4.65. The topological polar surface area (TPSA) is 96.7 Å². The summed E-state index contributed by atoms with van der Waals surface area (Å²) in [4.78, 5) is 23.3. The van der Waals surface area contributed by atoms with E-state index in [1.54, 1.807) is 0 Å². The molecule has 1 saturated carbocycles. The van der Waals surface area contributed by atoms with Gasteiger partial charge < -0.3 is 5.73 Å². The molecule has 0 saturated heterocycles. The highest BCUT2D eigenvalue weighted by Crippen LogP contribution is 2.37. The van der Waals surface area contributed by atoms with Crippen LogP contribution in [0.5, 0.6) is 0 Å². The van der Waals surface area contributed by atoms with Crippen LogP contribution in [0.1, 0.15) is 32.6 Å². The van der Waals surface area contributed by atoms with E-state index in [0.29, 0.717) is 6.54 Å². The first-order valence-corrected chi connectivity index (χ1v) is 5.72. The van der Waals surface area contributed by atoms with Crippen LogP contribution >= 0.6 is 0 Å². The number of nitrogens with zero attached hydrogens (tertiary/aromatic N) is 1. The lowest BCUT2D eigenvalue weighted by Gasteiger charge is -2.41. The number of hydrogen-bond acceptors (Lipinski definition) is 3. The molecule has 4 N–H and O–H groups in total. The van der Waals surface area contributed by atoms with Crippen molar-refractivity contribution in [2.45, 2.75) is 38.1 Å². The van der Waals surface area contributed by atoms with E-state index < -0.39 is 5.54 Å². The standard InChI is InChI=1S/C10H18N4O2/c1-7-4-2-3-5-10(7,6-11)14-8(15)12-13-9(14)16/h7H,2-6,11H2,1H3,(H,12,15)(H,13,16). The Morgan fingerprint density at radius 1 is 1.38 bits per heavy atom. The highest BCUT2D eigenvalue weighted by molar-refractivity contribution is 4.96. The van der Waals surface area contributed by atoms with Crippen molar-refractivity contribution >= 4 is 0 Å². The number of aromatic nitrogens is 3. The SMILES string of the molecule is CC1CCCCC1(CN)n1c(=O)[nH][nH]c1=O. The predicted octanol–water partition coefficient (Wildman–Crippen LogP) is -0.271. The monoisotopic (exact) mass is 226 g/mol. The molecule has 6 heteroatoms. The van der Waals surface area contributed by atoms with Gasteiger partial charge in [-0.05, 0) is 18.8 Å². The van der Waals surface area contributed by atoms with Crippen molar-refractivity contribution in [3.63, 3.8) is 0 Å². The largest absolute Gasteiger partial charge is 0.344 e. The van der Waals surface area contributed by atoms with E-state index in [9.17, 15) is 9.59 Å². The lowest BCUT2D eigenvalue weighted by molar-refractivity contribution is 0.117. The van der Waals surface area contributed by atoms with Crippen molar-refractivity contribution in [3.8, 4) is 0 Å². The molecule has 2 atom stereocenters. The summed E-state index contributed by atoms with van der Waals surface area (Å²) in [6.45, 7) is 2.39. The van der Waals surface area contributed by atoms with Crippen LogP contribution in [0.3, 0.4) is 0 Å². The summed E-state index contributed by atoms with van der Waals surface area (Å²) >= 11 is 0. The Kier molecular flexibility index (Phi) is 2.75. The second-order valence-corrected chi connectivity index (χ2v) is 4.65.